The van der Waals surface area contributed by atoms with E-state index < -0.39 is 0 Å². The molecule has 0 radical (unpaired) electrons. The summed E-state index contributed by atoms with van der Waals surface area (Å²) in [5.41, 5.74) is 5.39. The average molecular weight is 337 g/mol. The molecule has 0 aliphatic heterocycles. The van der Waals surface area contributed by atoms with Gasteiger partial charge in [-0.3, -0.25) is 4.79 Å². The van der Waals surface area contributed by atoms with E-state index in [0.29, 0.717) is 13.0 Å². The normalized spacial score (nSPS) is 11.6. The molecule has 0 aromatic heterocycles. The molecule has 0 saturated carbocycles. The molecule has 3 nitrogen and oxygen atoms in total. The summed E-state index contributed by atoms with van der Waals surface area (Å²) in [4.78, 5) is 11.5. The van der Waals surface area contributed by atoms with Crippen molar-refractivity contribution in [2.45, 2.75) is 90.4 Å². The highest BCUT2D eigenvalue weighted by molar-refractivity contribution is 5.75. The number of carbonyl (C=O) groups excluding carboxylic acids is 1. The monoisotopic (exact) mass is 336 g/mol. The lowest BCUT2D eigenvalue weighted by Gasteiger charge is -2.04. The quantitative estimate of drug-likeness (QED) is 0.281. The Morgan fingerprint density at radius 1 is 0.833 bits per heavy atom. The summed E-state index contributed by atoms with van der Waals surface area (Å²) >= 11 is 0. The minimum atomic E-state index is 0.175. The molecule has 0 unspecified atom stereocenters. The molecular weight excluding hydrogens is 296 g/mol. The largest absolute Gasteiger partial charge is 0.356 e. The van der Waals surface area contributed by atoms with Gasteiger partial charge in [-0.2, -0.15) is 0 Å². The van der Waals surface area contributed by atoms with Crippen LogP contribution in [-0.4, -0.2) is 19.0 Å². The second-order valence-corrected chi connectivity index (χ2v) is 6.47. The molecule has 3 heteroatoms. The van der Waals surface area contributed by atoms with Crippen molar-refractivity contribution in [1.29, 1.82) is 0 Å². The van der Waals surface area contributed by atoms with Crippen molar-refractivity contribution in [3.63, 3.8) is 0 Å². The predicted octanol–water partition coefficient (Wildman–Crippen LogP) is 5.26. The number of hydrogen-bond acceptors (Lipinski definition) is 2. The van der Waals surface area contributed by atoms with Gasteiger partial charge < -0.3 is 11.1 Å². The van der Waals surface area contributed by atoms with E-state index in [0.717, 1.165) is 32.2 Å². The highest BCUT2D eigenvalue weighted by Crippen LogP contribution is 2.08. The fourth-order valence-electron chi connectivity index (χ4n) is 2.52. The molecule has 3 N–H and O–H groups in total. The number of hydrogen-bond donors (Lipinski definition) is 2. The summed E-state index contributed by atoms with van der Waals surface area (Å²) in [6.45, 7) is 3.60. The van der Waals surface area contributed by atoms with Gasteiger partial charge in [0.15, 0.2) is 0 Å². The first-order valence-corrected chi connectivity index (χ1v) is 10.1. The van der Waals surface area contributed by atoms with Gasteiger partial charge in [0, 0.05) is 13.0 Å². The number of rotatable bonds is 17. The molecule has 0 aliphatic carbocycles. The highest BCUT2D eigenvalue weighted by atomic mass is 16.1. The smallest absolute Gasteiger partial charge is 0.219 e. The van der Waals surface area contributed by atoms with Gasteiger partial charge in [0.05, 0.1) is 0 Å². The third-order valence-electron chi connectivity index (χ3n) is 4.06. The fourth-order valence-corrected chi connectivity index (χ4v) is 2.52. The molecule has 0 spiro atoms. The first-order valence-electron chi connectivity index (χ1n) is 10.1. The Labute approximate surface area is 150 Å². The summed E-state index contributed by atoms with van der Waals surface area (Å²) in [5.74, 6) is 0.175. The van der Waals surface area contributed by atoms with Crippen LogP contribution in [0.2, 0.25) is 0 Å². The second-order valence-electron chi connectivity index (χ2n) is 6.47. The first kappa shape index (κ1) is 22.9. The van der Waals surface area contributed by atoms with Crippen LogP contribution in [0.5, 0.6) is 0 Å². The van der Waals surface area contributed by atoms with Crippen molar-refractivity contribution >= 4 is 5.91 Å². The van der Waals surface area contributed by atoms with E-state index in [4.69, 9.17) is 5.73 Å². The lowest BCUT2D eigenvalue weighted by atomic mass is 10.1. The number of allylic oxidation sites excluding steroid dienone is 4. The van der Waals surface area contributed by atoms with Crippen molar-refractivity contribution in [2.24, 2.45) is 5.73 Å². The first-order chi connectivity index (χ1) is 11.8. The van der Waals surface area contributed by atoms with E-state index in [-0.39, 0.29) is 5.91 Å². The van der Waals surface area contributed by atoms with Gasteiger partial charge in [-0.15, -0.1) is 0 Å². The Morgan fingerprint density at radius 3 is 2.12 bits per heavy atom. The average Bonchev–Trinajstić information content (AvgIpc) is 2.58. The van der Waals surface area contributed by atoms with E-state index in [1.54, 1.807) is 0 Å². The molecule has 0 rings (SSSR count). The van der Waals surface area contributed by atoms with E-state index in [1.165, 1.54) is 51.4 Å². The molecule has 0 aliphatic rings. The molecule has 0 aromatic rings. The van der Waals surface area contributed by atoms with Crippen LogP contribution in [0.15, 0.2) is 24.3 Å². The van der Waals surface area contributed by atoms with Crippen molar-refractivity contribution < 1.29 is 4.79 Å². The van der Waals surface area contributed by atoms with Crippen LogP contribution in [0.25, 0.3) is 0 Å². The van der Waals surface area contributed by atoms with Crippen LogP contribution in [-0.2, 0) is 4.79 Å². The zero-order valence-corrected chi connectivity index (χ0v) is 15.9. The van der Waals surface area contributed by atoms with Gasteiger partial charge in [0.25, 0.3) is 0 Å². The summed E-state index contributed by atoms with van der Waals surface area (Å²) < 4.78 is 0. The number of nitrogens with one attached hydrogen (secondary N) is 1. The Balaban J connectivity index is 3.24. The van der Waals surface area contributed by atoms with Crippen LogP contribution in [0.1, 0.15) is 90.4 Å². The molecule has 1 amide bonds. The van der Waals surface area contributed by atoms with Gasteiger partial charge in [0.2, 0.25) is 5.91 Å². The van der Waals surface area contributed by atoms with E-state index in [1.807, 2.05) is 0 Å². The predicted molar refractivity (Wildman–Crippen MR) is 106 cm³/mol. The van der Waals surface area contributed by atoms with Crippen molar-refractivity contribution in [2.75, 3.05) is 13.1 Å². The molecular formula is C21H40N2O. The molecule has 0 saturated heterocycles. The molecule has 0 fully saturated rings. The number of nitrogens with two attached hydrogens (primary N) is 1. The summed E-state index contributed by atoms with van der Waals surface area (Å²) in [5, 5.41) is 2.90. The second kappa shape index (κ2) is 20.0. The van der Waals surface area contributed by atoms with Gasteiger partial charge in [-0.05, 0) is 51.5 Å². The van der Waals surface area contributed by atoms with Crippen LogP contribution in [0.3, 0.4) is 0 Å². The van der Waals surface area contributed by atoms with Crippen molar-refractivity contribution in [3.05, 3.63) is 24.3 Å². The van der Waals surface area contributed by atoms with Gasteiger partial charge >= 0.3 is 0 Å². The number of unbranched alkanes of at least 4 members (excludes halogenated alkanes) is 8. The zero-order chi connectivity index (χ0) is 17.7. The van der Waals surface area contributed by atoms with Crippen molar-refractivity contribution in [3.8, 4) is 0 Å². The Morgan fingerprint density at radius 2 is 1.46 bits per heavy atom. The Kier molecular flexibility index (Phi) is 19.0. The van der Waals surface area contributed by atoms with Crippen LogP contribution in [0.4, 0.5) is 0 Å². The third-order valence-corrected chi connectivity index (χ3v) is 4.06. The van der Waals surface area contributed by atoms with E-state index in [9.17, 15) is 4.79 Å². The maximum absolute atomic E-state index is 11.5. The molecule has 0 heterocycles. The van der Waals surface area contributed by atoms with E-state index in [2.05, 4.69) is 36.5 Å². The third kappa shape index (κ3) is 19.0. The number of amides is 1. The van der Waals surface area contributed by atoms with Gasteiger partial charge in [0.1, 0.15) is 0 Å². The maximum Gasteiger partial charge on any atom is 0.219 e. The lowest BCUT2D eigenvalue weighted by molar-refractivity contribution is -0.121. The van der Waals surface area contributed by atoms with Gasteiger partial charge in [-0.1, -0.05) is 63.3 Å². The Hall–Kier alpha value is -1.09. The number of carbonyl (C=O) groups is 1. The molecule has 0 bridgehead atoms. The summed E-state index contributed by atoms with van der Waals surface area (Å²) in [7, 11) is 0. The summed E-state index contributed by atoms with van der Waals surface area (Å²) in [6.07, 6.45) is 24.1. The molecule has 0 aromatic carbocycles. The lowest BCUT2D eigenvalue weighted by Crippen LogP contribution is -2.25. The highest BCUT2D eigenvalue weighted by Gasteiger charge is 1.99. The SMILES string of the molecule is CCCCC/C=C\C/C=C\CCCCCCCC(=O)NCCCN. The molecule has 24 heavy (non-hydrogen) atoms. The molecule has 0 atom stereocenters. The molecule has 140 valence electrons. The minimum Gasteiger partial charge on any atom is -0.356 e. The zero-order valence-electron chi connectivity index (χ0n) is 15.9. The topological polar surface area (TPSA) is 55.1 Å². The Bertz CT molecular complexity index is 324. The van der Waals surface area contributed by atoms with Crippen molar-refractivity contribution in [1.82, 2.24) is 5.32 Å². The van der Waals surface area contributed by atoms with E-state index >= 15 is 0 Å². The minimum absolute atomic E-state index is 0.175. The maximum atomic E-state index is 11.5. The van der Waals surface area contributed by atoms with Gasteiger partial charge in [-0.25, -0.2) is 0 Å². The fraction of sp³-hybridized carbons (Fsp3) is 0.762. The summed E-state index contributed by atoms with van der Waals surface area (Å²) in [6, 6.07) is 0. The van der Waals surface area contributed by atoms with Crippen LogP contribution >= 0.6 is 0 Å². The van der Waals surface area contributed by atoms with Crippen LogP contribution < -0.4 is 11.1 Å². The standard InChI is InChI=1S/C21H40N2O/c1-2-3-4-5-6-7-8-9-10-11-12-13-14-15-16-18-21(24)23-20-17-19-22/h6-7,9-10H,2-5,8,11-20,22H2,1H3,(H,23,24)/b7-6-,10-9-. The van der Waals surface area contributed by atoms with Crippen LogP contribution in [0, 0.1) is 0 Å².